The summed E-state index contributed by atoms with van der Waals surface area (Å²) in [5, 5.41) is 2.96. The van der Waals surface area contributed by atoms with Gasteiger partial charge in [0, 0.05) is 24.8 Å². The van der Waals surface area contributed by atoms with Gasteiger partial charge in [0.15, 0.2) is 0 Å². The molecule has 1 amide bonds. The number of benzene rings is 1. The van der Waals surface area contributed by atoms with Gasteiger partial charge in [-0.2, -0.15) is 0 Å². The summed E-state index contributed by atoms with van der Waals surface area (Å²) in [6, 6.07) is 7.76. The second-order valence-corrected chi connectivity index (χ2v) is 6.42. The number of aryl methyl sites for hydroxylation is 3. The van der Waals surface area contributed by atoms with Crippen LogP contribution in [0.3, 0.4) is 0 Å². The number of hydrogen-bond donors (Lipinski definition) is 1. The minimum atomic E-state index is -0.202. The lowest BCUT2D eigenvalue weighted by atomic mass is 10.1. The zero-order chi connectivity index (χ0) is 18.4. The molecule has 0 aliphatic heterocycles. The van der Waals surface area contributed by atoms with Crippen molar-refractivity contribution in [1.82, 2.24) is 9.97 Å². The van der Waals surface area contributed by atoms with E-state index in [2.05, 4.69) is 40.1 Å². The molecule has 1 aromatic heterocycles. The minimum Gasteiger partial charge on any atom is -0.357 e. The van der Waals surface area contributed by atoms with E-state index in [1.54, 1.807) is 6.07 Å². The van der Waals surface area contributed by atoms with Crippen LogP contribution in [0.4, 0.5) is 11.5 Å². The Morgan fingerprint density at radius 3 is 2.32 bits per heavy atom. The van der Waals surface area contributed by atoms with Crippen molar-refractivity contribution in [3.63, 3.8) is 0 Å². The number of hydrogen-bond acceptors (Lipinski definition) is 4. The van der Waals surface area contributed by atoms with Gasteiger partial charge in [0.1, 0.15) is 17.3 Å². The summed E-state index contributed by atoms with van der Waals surface area (Å²) < 4.78 is 0. The van der Waals surface area contributed by atoms with Crippen molar-refractivity contribution in [2.45, 2.75) is 47.5 Å². The number of nitrogens with zero attached hydrogens (tertiary/aromatic N) is 3. The Labute approximate surface area is 150 Å². The van der Waals surface area contributed by atoms with Gasteiger partial charge in [-0.05, 0) is 45.2 Å². The number of carbonyl (C=O) groups is 1. The van der Waals surface area contributed by atoms with Crippen molar-refractivity contribution < 1.29 is 4.79 Å². The minimum absolute atomic E-state index is 0.202. The molecule has 0 aliphatic rings. The molecule has 5 heteroatoms. The predicted molar refractivity (Wildman–Crippen MR) is 103 cm³/mol. The van der Waals surface area contributed by atoms with Crippen molar-refractivity contribution in [1.29, 1.82) is 0 Å². The van der Waals surface area contributed by atoms with Gasteiger partial charge in [-0.3, -0.25) is 4.79 Å². The molecule has 0 fully saturated rings. The number of aromatic nitrogens is 2. The molecule has 0 atom stereocenters. The van der Waals surface area contributed by atoms with E-state index >= 15 is 0 Å². The molecule has 0 radical (unpaired) electrons. The molecule has 0 bridgehead atoms. The first-order valence-corrected chi connectivity index (χ1v) is 8.93. The fraction of sp³-hybridized carbons (Fsp3) is 0.450. The smallest absolute Gasteiger partial charge is 0.274 e. The quantitative estimate of drug-likeness (QED) is 0.817. The summed E-state index contributed by atoms with van der Waals surface area (Å²) in [5.74, 6) is 1.23. The summed E-state index contributed by atoms with van der Waals surface area (Å²) in [4.78, 5) is 23.7. The third-order valence-electron chi connectivity index (χ3n) is 4.00. The van der Waals surface area contributed by atoms with E-state index in [1.165, 1.54) is 5.56 Å². The third-order valence-corrected chi connectivity index (χ3v) is 4.00. The largest absolute Gasteiger partial charge is 0.357 e. The molecular weight excluding hydrogens is 312 g/mol. The van der Waals surface area contributed by atoms with Gasteiger partial charge in [0.05, 0.1) is 0 Å². The van der Waals surface area contributed by atoms with Crippen molar-refractivity contribution in [2.24, 2.45) is 0 Å². The zero-order valence-electron chi connectivity index (χ0n) is 15.9. The topological polar surface area (TPSA) is 58.1 Å². The van der Waals surface area contributed by atoms with Gasteiger partial charge in [-0.25, -0.2) is 9.97 Å². The van der Waals surface area contributed by atoms with Crippen molar-refractivity contribution in [2.75, 3.05) is 23.3 Å². The van der Waals surface area contributed by atoms with Gasteiger partial charge in [-0.15, -0.1) is 0 Å². The fourth-order valence-corrected chi connectivity index (χ4v) is 2.85. The van der Waals surface area contributed by atoms with Gasteiger partial charge in [0.2, 0.25) is 0 Å². The third kappa shape index (κ3) is 5.02. The van der Waals surface area contributed by atoms with E-state index in [9.17, 15) is 4.79 Å². The Balaban J connectivity index is 2.27. The Morgan fingerprint density at radius 1 is 1.04 bits per heavy atom. The average molecular weight is 340 g/mol. The lowest BCUT2D eigenvalue weighted by Crippen LogP contribution is -2.27. The zero-order valence-corrected chi connectivity index (χ0v) is 15.9. The first-order chi connectivity index (χ1) is 11.9. The number of rotatable bonds is 7. The second-order valence-electron chi connectivity index (χ2n) is 6.42. The molecule has 0 unspecified atom stereocenters. The van der Waals surface area contributed by atoms with Crippen LogP contribution in [0.1, 0.15) is 54.1 Å². The van der Waals surface area contributed by atoms with Crippen LogP contribution in [0, 0.1) is 20.8 Å². The monoisotopic (exact) mass is 340 g/mol. The van der Waals surface area contributed by atoms with E-state index in [4.69, 9.17) is 0 Å². The normalized spacial score (nSPS) is 10.6. The van der Waals surface area contributed by atoms with Gasteiger partial charge >= 0.3 is 0 Å². The standard InChI is InChI=1S/C20H28N4O/c1-6-10-24(11-7-2)19-13-18(21-16(5)22-19)20(25)23-17-9-8-14(3)12-15(17)4/h8-9,12-13H,6-7,10-11H2,1-5H3,(H,23,25). The van der Waals surface area contributed by atoms with Crippen LogP contribution in [0.15, 0.2) is 24.3 Å². The summed E-state index contributed by atoms with van der Waals surface area (Å²) in [5.41, 5.74) is 3.43. The van der Waals surface area contributed by atoms with E-state index in [1.807, 2.05) is 32.9 Å². The maximum absolute atomic E-state index is 12.7. The molecule has 0 aliphatic carbocycles. The molecule has 1 heterocycles. The maximum Gasteiger partial charge on any atom is 0.274 e. The molecule has 25 heavy (non-hydrogen) atoms. The van der Waals surface area contributed by atoms with Crippen LogP contribution < -0.4 is 10.2 Å². The summed E-state index contributed by atoms with van der Waals surface area (Å²) >= 11 is 0. The molecule has 0 saturated heterocycles. The molecular formula is C20H28N4O. The molecule has 0 saturated carbocycles. The van der Waals surface area contributed by atoms with E-state index in [0.717, 1.165) is 43.0 Å². The lowest BCUT2D eigenvalue weighted by molar-refractivity contribution is 0.102. The first kappa shape index (κ1) is 18.9. The number of amides is 1. The van der Waals surface area contributed by atoms with Gasteiger partial charge in [-0.1, -0.05) is 31.5 Å². The summed E-state index contributed by atoms with van der Waals surface area (Å²) in [6.45, 7) is 12.0. The number of nitrogens with one attached hydrogen (secondary N) is 1. The van der Waals surface area contributed by atoms with Crippen LogP contribution >= 0.6 is 0 Å². The van der Waals surface area contributed by atoms with Crippen molar-refractivity contribution >= 4 is 17.4 Å². The average Bonchev–Trinajstić information content (AvgIpc) is 2.56. The maximum atomic E-state index is 12.7. The predicted octanol–water partition coefficient (Wildman–Crippen LogP) is 4.28. The van der Waals surface area contributed by atoms with Crippen LogP contribution in [-0.2, 0) is 0 Å². The molecule has 1 N–H and O–H groups in total. The van der Waals surface area contributed by atoms with Gasteiger partial charge in [0.25, 0.3) is 5.91 Å². The van der Waals surface area contributed by atoms with Crippen molar-refractivity contribution in [3.05, 3.63) is 46.9 Å². The molecule has 134 valence electrons. The summed E-state index contributed by atoms with van der Waals surface area (Å²) in [7, 11) is 0. The van der Waals surface area contributed by atoms with Crippen LogP contribution in [0.25, 0.3) is 0 Å². The molecule has 2 rings (SSSR count). The first-order valence-electron chi connectivity index (χ1n) is 8.93. The van der Waals surface area contributed by atoms with Crippen molar-refractivity contribution in [3.8, 4) is 0 Å². The Bertz CT molecular complexity index is 736. The Kier molecular flexibility index (Phi) is 6.51. The highest BCUT2D eigenvalue weighted by Crippen LogP contribution is 2.18. The van der Waals surface area contributed by atoms with Crippen LogP contribution in [0.2, 0.25) is 0 Å². The molecule has 5 nitrogen and oxygen atoms in total. The molecule has 1 aromatic carbocycles. The Hall–Kier alpha value is -2.43. The summed E-state index contributed by atoms with van der Waals surface area (Å²) in [6.07, 6.45) is 2.07. The highest BCUT2D eigenvalue weighted by Gasteiger charge is 2.15. The second kappa shape index (κ2) is 8.60. The van der Waals surface area contributed by atoms with Gasteiger partial charge < -0.3 is 10.2 Å². The van der Waals surface area contributed by atoms with E-state index in [0.29, 0.717) is 11.5 Å². The SMILES string of the molecule is CCCN(CCC)c1cc(C(=O)Nc2ccc(C)cc2C)nc(C)n1. The lowest BCUT2D eigenvalue weighted by Gasteiger charge is -2.23. The van der Waals surface area contributed by atoms with Crippen LogP contribution in [0.5, 0.6) is 0 Å². The molecule has 0 spiro atoms. The molecule has 2 aromatic rings. The Morgan fingerprint density at radius 2 is 1.72 bits per heavy atom. The van der Waals surface area contributed by atoms with E-state index in [-0.39, 0.29) is 5.91 Å². The highest BCUT2D eigenvalue weighted by molar-refractivity contribution is 6.03. The highest BCUT2D eigenvalue weighted by atomic mass is 16.1. The fourth-order valence-electron chi connectivity index (χ4n) is 2.85. The van der Waals surface area contributed by atoms with E-state index < -0.39 is 0 Å². The van der Waals surface area contributed by atoms with Crippen LogP contribution in [-0.4, -0.2) is 29.0 Å². The number of anilines is 2. The number of carbonyl (C=O) groups excluding carboxylic acids is 1.